The summed E-state index contributed by atoms with van der Waals surface area (Å²) < 4.78 is 1.05. The summed E-state index contributed by atoms with van der Waals surface area (Å²) in [6, 6.07) is 4.61. The van der Waals surface area contributed by atoms with Gasteiger partial charge in [0.15, 0.2) is 0 Å². The fourth-order valence-electron chi connectivity index (χ4n) is 3.09. The monoisotopic (exact) mass is 310 g/mol. The normalized spacial score (nSPS) is 30.1. The van der Waals surface area contributed by atoms with Gasteiger partial charge in [0.25, 0.3) is 0 Å². The molecule has 1 N–H and O–H groups in total. The van der Waals surface area contributed by atoms with E-state index in [9.17, 15) is 0 Å². The van der Waals surface area contributed by atoms with Crippen molar-refractivity contribution in [3.8, 4) is 0 Å². The van der Waals surface area contributed by atoms with Crippen molar-refractivity contribution >= 4 is 15.9 Å². The molecule has 1 aliphatic carbocycles. The lowest BCUT2D eigenvalue weighted by Crippen LogP contribution is -2.32. The third-order valence-electron chi connectivity index (χ3n) is 4.49. The van der Waals surface area contributed by atoms with E-state index in [4.69, 9.17) is 0 Å². The summed E-state index contributed by atoms with van der Waals surface area (Å²) >= 11 is 3.45. The standard InChI is InChI=1S/C15H23BrN2/c1-10-4-5-12(8-11(10)2)15(17-3)14-7-6-13(16)9-18-14/h6-7,9-12,15,17H,4-5,8H2,1-3H3. The number of pyridine rings is 1. The molecular weight excluding hydrogens is 288 g/mol. The zero-order valence-corrected chi connectivity index (χ0v) is 13.1. The molecule has 1 aromatic heterocycles. The average Bonchev–Trinajstić information content (AvgIpc) is 2.37. The van der Waals surface area contributed by atoms with Crippen LogP contribution in [0.25, 0.3) is 0 Å². The van der Waals surface area contributed by atoms with Crippen LogP contribution in [-0.4, -0.2) is 12.0 Å². The zero-order valence-electron chi connectivity index (χ0n) is 11.5. The van der Waals surface area contributed by atoms with Gasteiger partial charge in [-0.3, -0.25) is 4.98 Å². The highest BCUT2D eigenvalue weighted by molar-refractivity contribution is 9.10. The third kappa shape index (κ3) is 3.12. The fraction of sp³-hybridized carbons (Fsp3) is 0.667. The van der Waals surface area contributed by atoms with Gasteiger partial charge in [-0.15, -0.1) is 0 Å². The average molecular weight is 311 g/mol. The van der Waals surface area contributed by atoms with Crippen molar-refractivity contribution < 1.29 is 0 Å². The molecule has 18 heavy (non-hydrogen) atoms. The predicted molar refractivity (Wildman–Crippen MR) is 79.4 cm³/mol. The first-order chi connectivity index (χ1) is 8.61. The number of rotatable bonds is 3. The van der Waals surface area contributed by atoms with Crippen LogP contribution in [-0.2, 0) is 0 Å². The Morgan fingerprint density at radius 1 is 1.28 bits per heavy atom. The fourth-order valence-corrected chi connectivity index (χ4v) is 3.32. The Hall–Kier alpha value is -0.410. The summed E-state index contributed by atoms with van der Waals surface area (Å²) in [4.78, 5) is 4.56. The van der Waals surface area contributed by atoms with E-state index in [1.807, 2.05) is 6.20 Å². The Morgan fingerprint density at radius 3 is 2.61 bits per heavy atom. The van der Waals surface area contributed by atoms with Crippen LogP contribution < -0.4 is 5.32 Å². The highest BCUT2D eigenvalue weighted by Crippen LogP contribution is 2.39. The summed E-state index contributed by atoms with van der Waals surface area (Å²) in [5.41, 5.74) is 1.17. The number of hydrogen-bond donors (Lipinski definition) is 1. The van der Waals surface area contributed by atoms with Gasteiger partial charge in [-0.05, 0) is 65.7 Å². The van der Waals surface area contributed by atoms with Crippen molar-refractivity contribution in [1.82, 2.24) is 10.3 Å². The lowest BCUT2D eigenvalue weighted by atomic mass is 9.72. The summed E-state index contributed by atoms with van der Waals surface area (Å²) in [5, 5.41) is 3.47. The Balaban J connectivity index is 2.11. The van der Waals surface area contributed by atoms with E-state index in [2.05, 4.69) is 59.3 Å². The number of nitrogens with one attached hydrogen (secondary N) is 1. The minimum absolute atomic E-state index is 0.396. The van der Waals surface area contributed by atoms with Crippen LogP contribution in [0.1, 0.15) is 44.8 Å². The van der Waals surface area contributed by atoms with Gasteiger partial charge in [-0.25, -0.2) is 0 Å². The number of hydrogen-bond acceptors (Lipinski definition) is 2. The first-order valence-electron chi connectivity index (χ1n) is 6.90. The van der Waals surface area contributed by atoms with Crippen LogP contribution in [0.4, 0.5) is 0 Å². The lowest BCUT2D eigenvalue weighted by Gasteiger charge is -2.36. The topological polar surface area (TPSA) is 24.9 Å². The number of halogens is 1. The molecule has 0 bridgehead atoms. The molecule has 2 nitrogen and oxygen atoms in total. The molecule has 1 aromatic rings. The predicted octanol–water partition coefficient (Wildman–Crippen LogP) is 4.18. The molecule has 0 aliphatic heterocycles. The third-order valence-corrected chi connectivity index (χ3v) is 4.96. The molecule has 0 amide bonds. The maximum atomic E-state index is 4.56. The maximum absolute atomic E-state index is 4.56. The van der Waals surface area contributed by atoms with Crippen LogP contribution in [0.15, 0.2) is 22.8 Å². The Kier molecular flexibility index (Phi) is 4.79. The smallest absolute Gasteiger partial charge is 0.0576 e. The summed E-state index contributed by atoms with van der Waals surface area (Å²) in [7, 11) is 2.05. The van der Waals surface area contributed by atoms with E-state index in [0.29, 0.717) is 6.04 Å². The van der Waals surface area contributed by atoms with Crippen molar-refractivity contribution in [2.75, 3.05) is 7.05 Å². The first kappa shape index (κ1) is 14.0. The Labute approximate surface area is 119 Å². The van der Waals surface area contributed by atoms with Crippen molar-refractivity contribution in [3.63, 3.8) is 0 Å². The second-order valence-electron chi connectivity index (χ2n) is 5.70. The molecule has 100 valence electrons. The zero-order chi connectivity index (χ0) is 13.1. The summed E-state index contributed by atoms with van der Waals surface area (Å²) in [6.07, 6.45) is 5.87. The second-order valence-corrected chi connectivity index (χ2v) is 6.61. The van der Waals surface area contributed by atoms with Crippen molar-refractivity contribution in [2.45, 2.75) is 39.2 Å². The second kappa shape index (κ2) is 6.16. The van der Waals surface area contributed by atoms with Crippen LogP contribution in [0, 0.1) is 17.8 Å². The molecule has 0 aromatic carbocycles. The summed E-state index contributed by atoms with van der Waals surface area (Å²) in [6.45, 7) is 4.77. The van der Waals surface area contributed by atoms with Gasteiger partial charge in [0.05, 0.1) is 11.7 Å². The van der Waals surface area contributed by atoms with Crippen LogP contribution in [0.2, 0.25) is 0 Å². The van der Waals surface area contributed by atoms with Crippen molar-refractivity contribution in [2.24, 2.45) is 17.8 Å². The van der Waals surface area contributed by atoms with Gasteiger partial charge in [-0.2, -0.15) is 0 Å². The van der Waals surface area contributed by atoms with Gasteiger partial charge in [0.1, 0.15) is 0 Å². The highest BCUT2D eigenvalue weighted by Gasteiger charge is 2.30. The minimum Gasteiger partial charge on any atom is -0.311 e. The molecule has 0 spiro atoms. The molecular formula is C15H23BrN2. The van der Waals surface area contributed by atoms with Crippen molar-refractivity contribution in [1.29, 1.82) is 0 Å². The molecule has 1 heterocycles. The van der Waals surface area contributed by atoms with E-state index >= 15 is 0 Å². The molecule has 4 unspecified atom stereocenters. The van der Waals surface area contributed by atoms with E-state index in [1.54, 1.807) is 0 Å². The molecule has 0 saturated heterocycles. The van der Waals surface area contributed by atoms with Crippen molar-refractivity contribution in [3.05, 3.63) is 28.5 Å². The van der Waals surface area contributed by atoms with Crippen LogP contribution >= 0.6 is 15.9 Å². The molecule has 4 atom stereocenters. The van der Waals surface area contributed by atoms with Gasteiger partial charge in [0, 0.05) is 10.7 Å². The Morgan fingerprint density at radius 2 is 2.06 bits per heavy atom. The van der Waals surface area contributed by atoms with E-state index in [1.165, 1.54) is 25.0 Å². The minimum atomic E-state index is 0.396. The highest BCUT2D eigenvalue weighted by atomic mass is 79.9. The van der Waals surface area contributed by atoms with E-state index < -0.39 is 0 Å². The van der Waals surface area contributed by atoms with Gasteiger partial charge < -0.3 is 5.32 Å². The van der Waals surface area contributed by atoms with Crippen LogP contribution in [0.5, 0.6) is 0 Å². The largest absolute Gasteiger partial charge is 0.311 e. The molecule has 3 heteroatoms. The number of aromatic nitrogens is 1. The quantitative estimate of drug-likeness (QED) is 0.906. The summed E-state index contributed by atoms with van der Waals surface area (Å²) in [5.74, 6) is 2.42. The number of nitrogens with zero attached hydrogens (tertiary/aromatic N) is 1. The SMILES string of the molecule is CNC(c1ccc(Br)cn1)C1CCC(C)C(C)C1. The molecule has 1 aliphatic rings. The molecule has 1 fully saturated rings. The maximum Gasteiger partial charge on any atom is 0.0576 e. The van der Waals surface area contributed by atoms with Gasteiger partial charge in [-0.1, -0.05) is 20.3 Å². The Bertz CT molecular complexity index is 377. The van der Waals surface area contributed by atoms with Gasteiger partial charge in [0.2, 0.25) is 0 Å². The van der Waals surface area contributed by atoms with Crippen LogP contribution in [0.3, 0.4) is 0 Å². The molecule has 0 radical (unpaired) electrons. The van der Waals surface area contributed by atoms with Gasteiger partial charge >= 0.3 is 0 Å². The van der Waals surface area contributed by atoms with E-state index in [-0.39, 0.29) is 0 Å². The molecule has 1 saturated carbocycles. The first-order valence-corrected chi connectivity index (χ1v) is 7.69. The van der Waals surface area contributed by atoms with E-state index in [0.717, 1.165) is 22.2 Å². The lowest BCUT2D eigenvalue weighted by molar-refractivity contribution is 0.173. The molecule has 2 rings (SSSR count).